The van der Waals surface area contributed by atoms with E-state index >= 15 is 0 Å². The number of nitrogens with zero attached hydrogens (tertiary/aromatic N) is 4. The quantitative estimate of drug-likeness (QED) is 0.516. The van der Waals surface area contributed by atoms with Crippen LogP contribution in [0.3, 0.4) is 0 Å². The number of urea groups is 1. The number of carbonyl (C=O) groups is 1. The summed E-state index contributed by atoms with van der Waals surface area (Å²) in [6, 6.07) is 16.2. The van der Waals surface area contributed by atoms with Crippen LogP contribution >= 0.6 is 11.8 Å². The predicted molar refractivity (Wildman–Crippen MR) is 117 cm³/mol. The van der Waals surface area contributed by atoms with E-state index < -0.39 is 6.55 Å². The number of amides is 2. The standard InChI is InChI=1S/C22H23F2N5OS/c1-27(15-20-25-12-14-29(20)21(23)24)22(30)26-11-6-13-28-16-7-2-4-9-18(16)31-19-10-5-3-8-17(19)28/h2-5,7-10,12,14,21H,6,11,13,15H2,1H3,(H,26,30). The van der Waals surface area contributed by atoms with E-state index in [0.717, 1.165) is 28.9 Å². The molecule has 0 bridgehead atoms. The van der Waals surface area contributed by atoms with E-state index in [1.54, 1.807) is 18.8 Å². The van der Waals surface area contributed by atoms with Crippen molar-refractivity contribution in [2.24, 2.45) is 0 Å². The third-order valence-corrected chi connectivity index (χ3v) is 6.18. The van der Waals surface area contributed by atoms with E-state index in [1.165, 1.54) is 27.1 Å². The van der Waals surface area contributed by atoms with E-state index in [9.17, 15) is 13.6 Å². The molecule has 2 amide bonds. The minimum Gasteiger partial charge on any atom is -0.340 e. The summed E-state index contributed by atoms with van der Waals surface area (Å²) < 4.78 is 26.6. The third kappa shape index (κ3) is 4.66. The van der Waals surface area contributed by atoms with Gasteiger partial charge in [-0.3, -0.25) is 4.57 Å². The molecule has 1 aliphatic rings. The number of carbonyl (C=O) groups excluding carboxylic acids is 1. The van der Waals surface area contributed by atoms with Crippen molar-refractivity contribution >= 4 is 29.2 Å². The lowest BCUT2D eigenvalue weighted by molar-refractivity contribution is 0.0651. The maximum atomic E-state index is 12.9. The topological polar surface area (TPSA) is 53.4 Å². The van der Waals surface area contributed by atoms with Gasteiger partial charge in [-0.2, -0.15) is 8.78 Å². The molecule has 3 aromatic rings. The Morgan fingerprint density at radius 3 is 2.42 bits per heavy atom. The summed E-state index contributed by atoms with van der Waals surface area (Å²) >= 11 is 1.76. The molecule has 1 aliphatic heterocycles. The fourth-order valence-electron chi connectivity index (χ4n) is 3.52. The van der Waals surface area contributed by atoms with Crippen molar-refractivity contribution in [3.05, 3.63) is 66.7 Å². The number of benzene rings is 2. The average molecular weight is 444 g/mol. The number of hydrogen-bond acceptors (Lipinski definition) is 4. The molecule has 0 fully saturated rings. The summed E-state index contributed by atoms with van der Waals surface area (Å²) in [5, 5.41) is 2.86. The molecule has 6 nitrogen and oxygen atoms in total. The summed E-state index contributed by atoms with van der Waals surface area (Å²) in [6.07, 6.45) is 3.25. The maximum absolute atomic E-state index is 12.9. The Bertz CT molecular complexity index is 1010. The summed E-state index contributed by atoms with van der Waals surface area (Å²) in [7, 11) is 1.56. The largest absolute Gasteiger partial charge is 0.340 e. The summed E-state index contributed by atoms with van der Waals surface area (Å²) in [5.74, 6) is 0.145. The van der Waals surface area contributed by atoms with Crippen LogP contribution in [-0.2, 0) is 6.54 Å². The van der Waals surface area contributed by atoms with Crippen molar-refractivity contribution < 1.29 is 13.6 Å². The number of nitrogens with one attached hydrogen (secondary N) is 1. The van der Waals surface area contributed by atoms with Gasteiger partial charge in [0.15, 0.2) is 0 Å². The first-order valence-electron chi connectivity index (χ1n) is 9.97. The van der Waals surface area contributed by atoms with Crippen molar-refractivity contribution in [1.82, 2.24) is 19.8 Å². The molecule has 0 saturated heterocycles. The number of halogens is 2. The van der Waals surface area contributed by atoms with E-state index in [2.05, 4.69) is 39.5 Å². The summed E-state index contributed by atoms with van der Waals surface area (Å²) in [5.41, 5.74) is 2.32. The zero-order chi connectivity index (χ0) is 21.8. The Kier molecular flexibility index (Phi) is 6.41. The second-order valence-corrected chi connectivity index (χ2v) is 8.24. The molecule has 31 heavy (non-hydrogen) atoms. The average Bonchev–Trinajstić information content (AvgIpc) is 3.24. The molecule has 0 unspecified atom stereocenters. The minimum absolute atomic E-state index is 0.00721. The zero-order valence-electron chi connectivity index (χ0n) is 17.0. The molecule has 1 aromatic heterocycles. The lowest BCUT2D eigenvalue weighted by Gasteiger charge is -2.32. The zero-order valence-corrected chi connectivity index (χ0v) is 17.9. The molecule has 0 atom stereocenters. The van der Waals surface area contributed by atoms with Crippen molar-refractivity contribution in [3.63, 3.8) is 0 Å². The van der Waals surface area contributed by atoms with Crippen LogP contribution in [0.5, 0.6) is 0 Å². The molecule has 0 spiro atoms. The first kappa shape index (κ1) is 21.2. The van der Waals surface area contributed by atoms with Crippen LogP contribution in [0.2, 0.25) is 0 Å². The van der Waals surface area contributed by atoms with E-state index in [-0.39, 0.29) is 18.4 Å². The molecule has 162 valence electrons. The summed E-state index contributed by atoms with van der Waals surface area (Å²) in [6.45, 7) is -1.45. The molecule has 4 rings (SSSR count). The van der Waals surface area contributed by atoms with Crippen LogP contribution < -0.4 is 10.2 Å². The molecule has 2 aromatic carbocycles. The highest BCUT2D eigenvalue weighted by Gasteiger charge is 2.22. The van der Waals surface area contributed by atoms with Gasteiger partial charge in [0.05, 0.1) is 17.9 Å². The van der Waals surface area contributed by atoms with Gasteiger partial charge in [0, 0.05) is 42.3 Å². The number of fused-ring (bicyclic) bond motifs is 2. The van der Waals surface area contributed by atoms with E-state index in [1.807, 2.05) is 24.3 Å². The molecule has 0 radical (unpaired) electrons. The molecular formula is C22H23F2N5OS. The van der Waals surface area contributed by atoms with Gasteiger partial charge in [-0.05, 0) is 30.7 Å². The molecule has 2 heterocycles. The Balaban J connectivity index is 1.33. The number of anilines is 2. The van der Waals surface area contributed by atoms with Gasteiger partial charge >= 0.3 is 12.6 Å². The van der Waals surface area contributed by atoms with Gasteiger partial charge < -0.3 is 15.1 Å². The van der Waals surface area contributed by atoms with Gasteiger partial charge in [-0.1, -0.05) is 36.0 Å². The van der Waals surface area contributed by atoms with Gasteiger partial charge in [0.25, 0.3) is 0 Å². The van der Waals surface area contributed by atoms with Gasteiger partial charge in [0.1, 0.15) is 5.82 Å². The van der Waals surface area contributed by atoms with Gasteiger partial charge in [-0.15, -0.1) is 0 Å². The fourth-order valence-corrected chi connectivity index (χ4v) is 4.61. The smallest absolute Gasteiger partial charge is 0.319 e. The Hall–Kier alpha value is -3.07. The molecule has 0 aliphatic carbocycles. The first-order valence-corrected chi connectivity index (χ1v) is 10.8. The molecular weight excluding hydrogens is 420 g/mol. The van der Waals surface area contributed by atoms with Crippen LogP contribution in [0.25, 0.3) is 0 Å². The van der Waals surface area contributed by atoms with E-state index in [0.29, 0.717) is 6.54 Å². The Morgan fingerprint density at radius 1 is 1.13 bits per heavy atom. The lowest BCUT2D eigenvalue weighted by atomic mass is 10.2. The monoisotopic (exact) mass is 443 g/mol. The Morgan fingerprint density at radius 2 is 1.77 bits per heavy atom. The predicted octanol–water partition coefficient (Wildman–Crippen LogP) is 5.11. The Labute approximate surface area is 183 Å². The first-order chi connectivity index (χ1) is 15.0. The van der Waals surface area contributed by atoms with Crippen LogP contribution in [0, 0.1) is 0 Å². The van der Waals surface area contributed by atoms with E-state index in [4.69, 9.17) is 0 Å². The van der Waals surface area contributed by atoms with Crippen molar-refractivity contribution in [2.75, 3.05) is 25.0 Å². The van der Waals surface area contributed by atoms with Crippen LogP contribution in [0.1, 0.15) is 18.8 Å². The number of alkyl halides is 2. The number of para-hydroxylation sites is 2. The highest BCUT2D eigenvalue weighted by Crippen LogP contribution is 2.47. The molecule has 1 N–H and O–H groups in total. The SMILES string of the molecule is CN(Cc1nccn1C(F)F)C(=O)NCCCN1c2ccccc2Sc2ccccc21. The minimum atomic E-state index is -2.68. The van der Waals surface area contributed by atoms with Crippen LogP contribution in [0.15, 0.2) is 70.7 Å². The number of imidazole rings is 1. The number of hydrogen-bond donors (Lipinski definition) is 1. The summed E-state index contributed by atoms with van der Waals surface area (Å²) in [4.78, 5) is 22.3. The van der Waals surface area contributed by atoms with Crippen molar-refractivity contribution in [1.29, 1.82) is 0 Å². The fraction of sp³-hybridized carbons (Fsp3) is 0.273. The second-order valence-electron chi connectivity index (χ2n) is 7.16. The third-order valence-electron chi connectivity index (χ3n) is 5.05. The highest BCUT2D eigenvalue weighted by atomic mass is 32.2. The normalized spacial score (nSPS) is 12.5. The van der Waals surface area contributed by atoms with Crippen molar-refractivity contribution in [2.45, 2.75) is 29.3 Å². The van der Waals surface area contributed by atoms with Gasteiger partial charge in [-0.25, -0.2) is 9.78 Å². The highest BCUT2D eigenvalue weighted by molar-refractivity contribution is 7.99. The van der Waals surface area contributed by atoms with Crippen LogP contribution in [0.4, 0.5) is 25.0 Å². The second kappa shape index (κ2) is 9.38. The van der Waals surface area contributed by atoms with Gasteiger partial charge in [0.2, 0.25) is 0 Å². The van der Waals surface area contributed by atoms with Crippen LogP contribution in [-0.4, -0.2) is 40.6 Å². The molecule has 0 saturated carbocycles. The molecule has 9 heteroatoms. The number of aromatic nitrogens is 2. The maximum Gasteiger partial charge on any atom is 0.319 e. The van der Waals surface area contributed by atoms with Crippen molar-refractivity contribution in [3.8, 4) is 0 Å². The lowest BCUT2D eigenvalue weighted by Crippen LogP contribution is -2.38. The number of rotatable bonds is 7.